The van der Waals surface area contributed by atoms with Gasteiger partial charge in [0, 0.05) is 34.9 Å². The lowest BCUT2D eigenvalue weighted by Crippen LogP contribution is -2.35. The first-order valence-corrected chi connectivity index (χ1v) is 10.2. The van der Waals surface area contributed by atoms with Crippen LogP contribution in [0.15, 0.2) is 48.5 Å². The molecule has 0 aliphatic heterocycles. The quantitative estimate of drug-likeness (QED) is 0.556. The van der Waals surface area contributed by atoms with Gasteiger partial charge in [-0.25, -0.2) is 0 Å². The molecule has 0 aromatic heterocycles. The van der Waals surface area contributed by atoms with Crippen molar-refractivity contribution in [3.63, 3.8) is 0 Å². The summed E-state index contributed by atoms with van der Waals surface area (Å²) in [6, 6.07) is 13.5. The van der Waals surface area contributed by atoms with Gasteiger partial charge >= 0.3 is 0 Å². The number of nitrogens with one attached hydrogen (secondary N) is 3. The number of halogens is 1. The zero-order valence-electron chi connectivity index (χ0n) is 16.5. The third-order valence-corrected chi connectivity index (χ3v) is 4.77. The number of likely N-dealkylation sites (N-methyl/N-ethyl adjacent to an activating group) is 1. The minimum atomic E-state index is -0.353. The standard InChI is InChI=1S/C21H25ClN4O2S/c1-3-26(4-2)13-12-23-19(27)15-8-10-18(11-9-15)24-21(29)25-20(28)16-6-5-7-17(22)14-16/h5-11,14H,3-4,12-13H2,1-2H3,(H,23,27)(H2,24,25,28,29). The van der Waals surface area contributed by atoms with Crippen molar-refractivity contribution in [1.82, 2.24) is 15.5 Å². The Kier molecular flexibility index (Phi) is 9.05. The molecule has 2 aromatic rings. The van der Waals surface area contributed by atoms with E-state index in [4.69, 9.17) is 23.8 Å². The van der Waals surface area contributed by atoms with Gasteiger partial charge in [0.2, 0.25) is 0 Å². The van der Waals surface area contributed by atoms with Gasteiger partial charge in [0.1, 0.15) is 0 Å². The van der Waals surface area contributed by atoms with Crippen LogP contribution >= 0.6 is 23.8 Å². The Balaban J connectivity index is 1.84. The highest BCUT2D eigenvalue weighted by molar-refractivity contribution is 7.80. The number of carbonyl (C=O) groups is 2. The molecule has 0 saturated heterocycles. The van der Waals surface area contributed by atoms with Crippen LogP contribution in [0.3, 0.4) is 0 Å². The van der Waals surface area contributed by atoms with Gasteiger partial charge in [-0.2, -0.15) is 0 Å². The minimum Gasteiger partial charge on any atom is -0.351 e. The molecule has 8 heteroatoms. The molecule has 0 aliphatic carbocycles. The molecule has 0 bridgehead atoms. The molecule has 154 valence electrons. The number of hydrogen-bond donors (Lipinski definition) is 3. The van der Waals surface area contributed by atoms with Gasteiger partial charge in [-0.15, -0.1) is 0 Å². The summed E-state index contributed by atoms with van der Waals surface area (Å²) in [4.78, 5) is 26.6. The van der Waals surface area contributed by atoms with Crippen LogP contribution in [0, 0.1) is 0 Å². The normalized spacial score (nSPS) is 10.5. The molecule has 6 nitrogen and oxygen atoms in total. The first kappa shape index (κ1) is 22.8. The molecular weight excluding hydrogens is 408 g/mol. The van der Waals surface area contributed by atoms with E-state index >= 15 is 0 Å². The molecule has 0 aliphatic rings. The summed E-state index contributed by atoms with van der Waals surface area (Å²) in [6.45, 7) is 7.53. The van der Waals surface area contributed by atoms with Crippen molar-refractivity contribution in [2.75, 3.05) is 31.5 Å². The molecule has 0 fully saturated rings. The topological polar surface area (TPSA) is 73.5 Å². The van der Waals surface area contributed by atoms with E-state index in [1.54, 1.807) is 48.5 Å². The molecule has 2 amide bonds. The van der Waals surface area contributed by atoms with Crippen LogP contribution in [0.2, 0.25) is 5.02 Å². The zero-order valence-corrected chi connectivity index (χ0v) is 18.1. The lowest BCUT2D eigenvalue weighted by molar-refractivity contribution is 0.0947. The summed E-state index contributed by atoms with van der Waals surface area (Å²) >= 11 is 11.1. The Labute approximate surface area is 181 Å². The number of hydrogen-bond acceptors (Lipinski definition) is 4. The predicted molar refractivity (Wildman–Crippen MR) is 122 cm³/mol. The van der Waals surface area contributed by atoms with Crippen molar-refractivity contribution in [2.24, 2.45) is 0 Å². The molecule has 2 rings (SSSR count). The van der Waals surface area contributed by atoms with Gasteiger partial charge in [0.25, 0.3) is 11.8 Å². The fraction of sp³-hybridized carbons (Fsp3) is 0.286. The maximum Gasteiger partial charge on any atom is 0.257 e. The van der Waals surface area contributed by atoms with E-state index in [1.807, 2.05) is 0 Å². The smallest absolute Gasteiger partial charge is 0.257 e. The molecule has 0 unspecified atom stereocenters. The maximum absolute atomic E-state index is 12.2. The van der Waals surface area contributed by atoms with Crippen LogP contribution in [0.25, 0.3) is 0 Å². The van der Waals surface area contributed by atoms with Crippen molar-refractivity contribution >= 4 is 46.4 Å². The number of anilines is 1. The van der Waals surface area contributed by atoms with E-state index in [9.17, 15) is 9.59 Å². The molecule has 29 heavy (non-hydrogen) atoms. The second-order valence-electron chi connectivity index (χ2n) is 6.28. The van der Waals surface area contributed by atoms with Crippen molar-refractivity contribution in [2.45, 2.75) is 13.8 Å². The minimum absolute atomic E-state index is 0.124. The van der Waals surface area contributed by atoms with Crippen molar-refractivity contribution < 1.29 is 9.59 Å². The van der Waals surface area contributed by atoms with E-state index in [1.165, 1.54) is 0 Å². The highest BCUT2D eigenvalue weighted by Crippen LogP contribution is 2.12. The van der Waals surface area contributed by atoms with Crippen molar-refractivity contribution in [3.05, 3.63) is 64.7 Å². The van der Waals surface area contributed by atoms with Crippen LogP contribution < -0.4 is 16.0 Å². The number of carbonyl (C=O) groups excluding carboxylic acids is 2. The molecule has 0 saturated carbocycles. The maximum atomic E-state index is 12.2. The summed E-state index contributed by atoms with van der Waals surface area (Å²) in [6.07, 6.45) is 0. The largest absolute Gasteiger partial charge is 0.351 e. The fourth-order valence-corrected chi connectivity index (χ4v) is 3.04. The third kappa shape index (κ3) is 7.45. The van der Waals surface area contributed by atoms with Crippen LogP contribution in [-0.2, 0) is 0 Å². The zero-order chi connectivity index (χ0) is 21.2. The monoisotopic (exact) mass is 432 g/mol. The van der Waals surface area contributed by atoms with Gasteiger partial charge in [0.05, 0.1) is 0 Å². The Morgan fingerprint density at radius 2 is 1.69 bits per heavy atom. The number of amides is 2. The first-order valence-electron chi connectivity index (χ1n) is 9.41. The molecule has 0 heterocycles. The number of thiocarbonyl (C=S) groups is 1. The summed E-state index contributed by atoms with van der Waals surface area (Å²) < 4.78 is 0. The second kappa shape index (κ2) is 11.5. The van der Waals surface area contributed by atoms with Crippen LogP contribution in [0.5, 0.6) is 0 Å². The van der Waals surface area contributed by atoms with Crippen LogP contribution in [0.1, 0.15) is 34.6 Å². The van der Waals surface area contributed by atoms with E-state index in [0.717, 1.165) is 19.6 Å². The van der Waals surface area contributed by atoms with Gasteiger partial charge < -0.3 is 15.5 Å². The Hall–Kier alpha value is -2.48. The Bertz CT molecular complexity index is 854. The van der Waals surface area contributed by atoms with E-state index in [0.29, 0.717) is 28.4 Å². The molecule has 3 N–H and O–H groups in total. The molecule has 0 spiro atoms. The Morgan fingerprint density at radius 3 is 2.31 bits per heavy atom. The average Bonchev–Trinajstić information content (AvgIpc) is 2.71. The summed E-state index contributed by atoms with van der Waals surface area (Å²) in [7, 11) is 0. The van der Waals surface area contributed by atoms with Crippen molar-refractivity contribution in [3.8, 4) is 0 Å². The summed E-state index contributed by atoms with van der Waals surface area (Å²) in [5.74, 6) is -0.477. The highest BCUT2D eigenvalue weighted by atomic mass is 35.5. The predicted octanol–water partition coefficient (Wildman–Crippen LogP) is 3.54. The van der Waals surface area contributed by atoms with E-state index < -0.39 is 0 Å². The third-order valence-electron chi connectivity index (χ3n) is 4.33. The second-order valence-corrected chi connectivity index (χ2v) is 7.12. The molecule has 2 aromatic carbocycles. The van der Waals surface area contributed by atoms with E-state index in [-0.39, 0.29) is 16.9 Å². The molecule has 0 radical (unpaired) electrons. The van der Waals surface area contributed by atoms with Crippen LogP contribution in [0.4, 0.5) is 5.69 Å². The van der Waals surface area contributed by atoms with Crippen LogP contribution in [-0.4, -0.2) is 48.0 Å². The summed E-state index contributed by atoms with van der Waals surface area (Å²) in [5.41, 5.74) is 1.64. The molecular formula is C21H25ClN4O2S. The van der Waals surface area contributed by atoms with Gasteiger partial charge in [0.15, 0.2) is 5.11 Å². The lowest BCUT2D eigenvalue weighted by Gasteiger charge is -2.18. The summed E-state index contributed by atoms with van der Waals surface area (Å²) in [5, 5.41) is 9.07. The van der Waals surface area contributed by atoms with Gasteiger partial charge in [-0.05, 0) is 67.8 Å². The lowest BCUT2D eigenvalue weighted by atomic mass is 10.2. The number of benzene rings is 2. The van der Waals surface area contributed by atoms with Crippen molar-refractivity contribution in [1.29, 1.82) is 0 Å². The average molecular weight is 433 g/mol. The number of nitrogens with zero attached hydrogens (tertiary/aromatic N) is 1. The number of rotatable bonds is 8. The first-order chi connectivity index (χ1) is 13.9. The fourth-order valence-electron chi connectivity index (χ4n) is 2.64. The van der Waals surface area contributed by atoms with E-state index in [2.05, 4.69) is 34.7 Å². The SMILES string of the molecule is CCN(CC)CCNC(=O)c1ccc(NC(=S)NC(=O)c2cccc(Cl)c2)cc1. The molecule has 0 atom stereocenters. The highest BCUT2D eigenvalue weighted by Gasteiger charge is 2.09. The van der Waals surface area contributed by atoms with Gasteiger partial charge in [-0.3, -0.25) is 14.9 Å². The van der Waals surface area contributed by atoms with Gasteiger partial charge in [-0.1, -0.05) is 31.5 Å². The Morgan fingerprint density at radius 1 is 1.00 bits per heavy atom.